The van der Waals surface area contributed by atoms with E-state index in [4.69, 9.17) is 5.73 Å². The predicted octanol–water partition coefficient (Wildman–Crippen LogP) is 2.60. The molecule has 2 aromatic rings. The molecule has 1 heterocycles. The summed E-state index contributed by atoms with van der Waals surface area (Å²) in [5.74, 6) is -0.417. The molecule has 0 fully saturated rings. The normalized spacial score (nSPS) is 13.1. The van der Waals surface area contributed by atoms with Crippen molar-refractivity contribution in [3.05, 3.63) is 48.3 Å². The van der Waals surface area contributed by atoms with Crippen molar-refractivity contribution < 1.29 is 4.79 Å². The highest BCUT2D eigenvalue weighted by molar-refractivity contribution is 5.92. The fourth-order valence-electron chi connectivity index (χ4n) is 1.98. The lowest BCUT2D eigenvalue weighted by Crippen LogP contribution is -2.30. The largest absolute Gasteiger partial charge is 0.323 e. The molecular weight excluding hydrogens is 288 g/mol. The number of aryl methyl sites for hydroxylation is 1. The molecule has 0 saturated carbocycles. The summed E-state index contributed by atoms with van der Waals surface area (Å²) in [7, 11) is 0. The van der Waals surface area contributed by atoms with E-state index in [0.29, 0.717) is 5.69 Å². The number of amides is 1. The van der Waals surface area contributed by atoms with Gasteiger partial charge >= 0.3 is 0 Å². The number of nitrogens with two attached hydrogens (primary N) is 1. The van der Waals surface area contributed by atoms with Crippen LogP contribution in [0.3, 0.4) is 0 Å². The van der Waals surface area contributed by atoms with E-state index in [9.17, 15) is 4.79 Å². The Labute approximate surface area is 130 Å². The molecule has 3 N–H and O–H groups in total. The molecule has 2 unspecified atom stereocenters. The standard InChI is InChI=1S/C15H20N4O.ClH/c1-3-19-10-13(9-17-19)18-15(20)11(2)14(16)12-7-5-4-6-8-12;/h4-11,14H,3,16H2,1-2H3,(H,18,20);1H. The van der Waals surface area contributed by atoms with Gasteiger partial charge in [-0.1, -0.05) is 37.3 Å². The minimum atomic E-state index is -0.322. The summed E-state index contributed by atoms with van der Waals surface area (Å²) < 4.78 is 1.76. The Balaban J connectivity index is 0.00000220. The van der Waals surface area contributed by atoms with Crippen molar-refractivity contribution in [1.29, 1.82) is 0 Å². The van der Waals surface area contributed by atoms with Gasteiger partial charge in [-0.2, -0.15) is 5.10 Å². The van der Waals surface area contributed by atoms with Crippen LogP contribution in [0, 0.1) is 5.92 Å². The third-order valence-electron chi connectivity index (χ3n) is 3.36. The Morgan fingerprint density at radius 2 is 2.05 bits per heavy atom. The van der Waals surface area contributed by atoms with Crippen molar-refractivity contribution in [1.82, 2.24) is 9.78 Å². The van der Waals surface area contributed by atoms with Crippen LogP contribution in [0.2, 0.25) is 0 Å². The lowest BCUT2D eigenvalue weighted by molar-refractivity contribution is -0.120. The number of aromatic nitrogens is 2. The van der Waals surface area contributed by atoms with Gasteiger partial charge in [0.05, 0.1) is 17.8 Å². The molecule has 0 radical (unpaired) electrons. The van der Waals surface area contributed by atoms with E-state index in [1.165, 1.54) is 0 Å². The smallest absolute Gasteiger partial charge is 0.229 e. The number of hydrogen-bond acceptors (Lipinski definition) is 3. The van der Waals surface area contributed by atoms with Crippen molar-refractivity contribution in [3.8, 4) is 0 Å². The fraction of sp³-hybridized carbons (Fsp3) is 0.333. The second kappa shape index (κ2) is 7.81. The van der Waals surface area contributed by atoms with E-state index in [1.54, 1.807) is 17.1 Å². The van der Waals surface area contributed by atoms with Gasteiger partial charge in [0.1, 0.15) is 0 Å². The zero-order valence-corrected chi connectivity index (χ0v) is 13.0. The average molecular weight is 309 g/mol. The van der Waals surface area contributed by atoms with Gasteiger partial charge in [0.15, 0.2) is 0 Å². The Morgan fingerprint density at radius 3 is 2.62 bits per heavy atom. The zero-order valence-electron chi connectivity index (χ0n) is 12.2. The minimum Gasteiger partial charge on any atom is -0.323 e. The van der Waals surface area contributed by atoms with Crippen LogP contribution in [0.4, 0.5) is 5.69 Å². The van der Waals surface area contributed by atoms with Crippen LogP contribution in [-0.4, -0.2) is 15.7 Å². The van der Waals surface area contributed by atoms with Crippen LogP contribution in [0.15, 0.2) is 42.7 Å². The maximum Gasteiger partial charge on any atom is 0.229 e. The lowest BCUT2D eigenvalue weighted by atomic mass is 9.95. The molecule has 1 amide bonds. The van der Waals surface area contributed by atoms with E-state index in [1.807, 2.05) is 44.2 Å². The first-order valence-corrected chi connectivity index (χ1v) is 6.75. The summed E-state index contributed by atoms with van der Waals surface area (Å²) in [6, 6.07) is 9.32. The van der Waals surface area contributed by atoms with Crippen LogP contribution >= 0.6 is 12.4 Å². The summed E-state index contributed by atoms with van der Waals surface area (Å²) in [5.41, 5.74) is 7.80. The van der Waals surface area contributed by atoms with Gasteiger partial charge in [0, 0.05) is 18.8 Å². The zero-order chi connectivity index (χ0) is 14.5. The summed E-state index contributed by atoms with van der Waals surface area (Å²) in [6.45, 7) is 4.60. The number of benzene rings is 1. The number of nitrogens with zero attached hydrogens (tertiary/aromatic N) is 2. The Bertz CT molecular complexity index is 570. The van der Waals surface area contributed by atoms with Gasteiger partial charge < -0.3 is 11.1 Å². The Morgan fingerprint density at radius 1 is 1.38 bits per heavy atom. The van der Waals surface area contributed by atoms with Crippen LogP contribution in [0.25, 0.3) is 0 Å². The molecule has 0 aliphatic heterocycles. The van der Waals surface area contributed by atoms with Gasteiger partial charge in [-0.15, -0.1) is 12.4 Å². The summed E-state index contributed by atoms with van der Waals surface area (Å²) in [6.07, 6.45) is 3.45. The van der Waals surface area contributed by atoms with Gasteiger partial charge in [-0.05, 0) is 12.5 Å². The molecule has 1 aromatic heterocycles. The number of carbonyl (C=O) groups excluding carboxylic acids is 1. The van der Waals surface area contributed by atoms with Crippen LogP contribution in [0.1, 0.15) is 25.5 Å². The summed E-state index contributed by atoms with van der Waals surface area (Å²) in [5, 5.41) is 6.97. The molecular formula is C15H21ClN4O. The first kappa shape index (κ1) is 17.2. The number of nitrogens with one attached hydrogen (secondary N) is 1. The van der Waals surface area contributed by atoms with Crippen molar-refractivity contribution in [2.24, 2.45) is 11.7 Å². The SMILES string of the molecule is CCn1cc(NC(=O)C(C)C(N)c2ccccc2)cn1.Cl. The molecule has 2 atom stereocenters. The van der Waals surface area contributed by atoms with Crippen LogP contribution < -0.4 is 11.1 Å². The molecule has 0 bridgehead atoms. The molecule has 0 aliphatic carbocycles. The molecule has 114 valence electrons. The average Bonchev–Trinajstić information content (AvgIpc) is 2.94. The maximum atomic E-state index is 12.2. The Hall–Kier alpha value is -1.85. The first-order chi connectivity index (χ1) is 9.61. The number of rotatable bonds is 5. The highest BCUT2D eigenvalue weighted by atomic mass is 35.5. The number of hydrogen-bond donors (Lipinski definition) is 2. The van der Waals surface area contributed by atoms with Crippen LogP contribution in [0.5, 0.6) is 0 Å². The Kier molecular flexibility index (Phi) is 6.39. The molecule has 0 saturated heterocycles. The minimum absolute atomic E-state index is 0. The van der Waals surface area contributed by atoms with Crippen LogP contribution in [-0.2, 0) is 11.3 Å². The highest BCUT2D eigenvalue weighted by Crippen LogP contribution is 2.20. The van der Waals surface area contributed by atoms with E-state index >= 15 is 0 Å². The topological polar surface area (TPSA) is 72.9 Å². The third-order valence-corrected chi connectivity index (χ3v) is 3.36. The quantitative estimate of drug-likeness (QED) is 0.891. The molecule has 0 aliphatic rings. The van der Waals surface area contributed by atoms with Crippen molar-refractivity contribution in [2.45, 2.75) is 26.4 Å². The maximum absolute atomic E-state index is 12.2. The van der Waals surface area contributed by atoms with Gasteiger partial charge in [0.25, 0.3) is 0 Å². The third kappa shape index (κ3) is 4.31. The molecule has 6 heteroatoms. The monoisotopic (exact) mass is 308 g/mol. The summed E-state index contributed by atoms with van der Waals surface area (Å²) in [4.78, 5) is 12.2. The van der Waals surface area contributed by atoms with Crippen molar-refractivity contribution in [2.75, 3.05) is 5.32 Å². The molecule has 21 heavy (non-hydrogen) atoms. The number of halogens is 1. The second-order valence-corrected chi connectivity index (χ2v) is 4.80. The molecule has 2 rings (SSSR count). The fourth-order valence-corrected chi connectivity index (χ4v) is 1.98. The lowest BCUT2D eigenvalue weighted by Gasteiger charge is -2.19. The van der Waals surface area contributed by atoms with Crippen molar-refractivity contribution in [3.63, 3.8) is 0 Å². The first-order valence-electron chi connectivity index (χ1n) is 6.75. The molecule has 5 nitrogen and oxygen atoms in total. The van der Waals surface area contributed by atoms with E-state index in [-0.39, 0.29) is 30.3 Å². The van der Waals surface area contributed by atoms with E-state index < -0.39 is 0 Å². The van der Waals surface area contributed by atoms with E-state index in [0.717, 1.165) is 12.1 Å². The van der Waals surface area contributed by atoms with E-state index in [2.05, 4.69) is 10.4 Å². The second-order valence-electron chi connectivity index (χ2n) is 4.80. The molecule has 0 spiro atoms. The molecule has 1 aromatic carbocycles. The highest BCUT2D eigenvalue weighted by Gasteiger charge is 2.22. The van der Waals surface area contributed by atoms with Crippen molar-refractivity contribution >= 4 is 24.0 Å². The summed E-state index contributed by atoms with van der Waals surface area (Å²) >= 11 is 0. The van der Waals surface area contributed by atoms with Gasteiger partial charge in [0.2, 0.25) is 5.91 Å². The van der Waals surface area contributed by atoms with Gasteiger partial charge in [-0.25, -0.2) is 0 Å². The van der Waals surface area contributed by atoms with Gasteiger partial charge in [-0.3, -0.25) is 9.48 Å². The number of anilines is 1. The predicted molar refractivity (Wildman–Crippen MR) is 86.3 cm³/mol. The number of carbonyl (C=O) groups is 1.